The Morgan fingerprint density at radius 1 is 1.14 bits per heavy atom. The lowest BCUT2D eigenvalue weighted by atomic mass is 10.1. The van der Waals surface area contributed by atoms with Crippen molar-refractivity contribution in [3.63, 3.8) is 0 Å². The molecule has 0 aliphatic rings. The third-order valence-electron chi connectivity index (χ3n) is 4.37. The summed E-state index contributed by atoms with van der Waals surface area (Å²) in [6.45, 7) is 3.86. The number of benzene rings is 1. The highest BCUT2D eigenvalue weighted by molar-refractivity contribution is 5.88. The van der Waals surface area contributed by atoms with Crippen molar-refractivity contribution < 1.29 is 4.74 Å². The number of nitrogens with one attached hydrogen (secondary N) is 1. The van der Waals surface area contributed by atoms with Gasteiger partial charge in [0.25, 0.3) is 0 Å². The molecular weight excluding hydrogens is 354 g/mol. The van der Waals surface area contributed by atoms with Gasteiger partial charge in [0.1, 0.15) is 22.9 Å². The van der Waals surface area contributed by atoms with Crippen LogP contribution >= 0.6 is 0 Å². The number of nitrogens with zero attached hydrogens (tertiary/aromatic N) is 6. The van der Waals surface area contributed by atoms with Gasteiger partial charge < -0.3 is 10.1 Å². The van der Waals surface area contributed by atoms with Crippen LogP contribution in [0.3, 0.4) is 0 Å². The lowest BCUT2D eigenvalue weighted by molar-refractivity contribution is 0.419. The molecule has 0 bridgehead atoms. The van der Waals surface area contributed by atoms with Crippen molar-refractivity contribution in [2.45, 2.75) is 13.8 Å². The molecule has 4 rings (SSSR count). The Kier molecular flexibility index (Phi) is 4.33. The van der Waals surface area contributed by atoms with Crippen LogP contribution in [0.1, 0.15) is 16.8 Å². The average Bonchev–Trinajstić information content (AvgIpc) is 3.11. The molecule has 8 nitrogen and oxygen atoms in total. The summed E-state index contributed by atoms with van der Waals surface area (Å²) in [5.41, 5.74) is 2.93. The molecule has 0 saturated carbocycles. The first-order valence-corrected chi connectivity index (χ1v) is 8.61. The molecule has 0 unspecified atom stereocenters. The average molecular weight is 371 g/mol. The van der Waals surface area contributed by atoms with Crippen LogP contribution in [-0.4, -0.2) is 32.1 Å². The zero-order valence-corrected chi connectivity index (χ0v) is 15.6. The molecule has 1 N–H and O–H groups in total. The van der Waals surface area contributed by atoms with Crippen molar-refractivity contribution in [2.24, 2.45) is 0 Å². The number of aromatic nitrogens is 5. The SMILES string of the molecule is COc1cccc2c(C)cc(-n3ncc(C#N)c3Nc3ccc(C)nn3)nc12. The first kappa shape index (κ1) is 17.4. The normalized spacial score (nSPS) is 10.6. The Morgan fingerprint density at radius 3 is 2.71 bits per heavy atom. The van der Waals surface area contributed by atoms with Gasteiger partial charge in [0, 0.05) is 5.39 Å². The van der Waals surface area contributed by atoms with Gasteiger partial charge in [0.05, 0.1) is 19.0 Å². The smallest absolute Gasteiger partial charge is 0.156 e. The predicted octanol–water partition coefficient (Wildman–Crippen LogP) is 3.45. The first-order valence-electron chi connectivity index (χ1n) is 8.61. The van der Waals surface area contributed by atoms with Crippen LogP contribution in [0.5, 0.6) is 5.75 Å². The summed E-state index contributed by atoms with van der Waals surface area (Å²) >= 11 is 0. The van der Waals surface area contributed by atoms with E-state index in [0.717, 1.165) is 22.2 Å². The number of rotatable bonds is 4. The highest BCUT2D eigenvalue weighted by Gasteiger charge is 2.16. The molecule has 3 aromatic heterocycles. The molecule has 0 aliphatic carbocycles. The standard InChI is InChI=1S/C20H17N7O/c1-12-9-18(24-19-15(12)5-4-6-16(19)28-3)27-20(14(10-21)11-22-27)23-17-8-7-13(2)25-26-17/h4-9,11H,1-3H3,(H,23,26). The zero-order valence-electron chi connectivity index (χ0n) is 15.6. The van der Waals surface area contributed by atoms with Crippen LogP contribution in [0.25, 0.3) is 16.7 Å². The summed E-state index contributed by atoms with van der Waals surface area (Å²) in [6.07, 6.45) is 1.49. The van der Waals surface area contributed by atoms with Gasteiger partial charge in [-0.1, -0.05) is 12.1 Å². The van der Waals surface area contributed by atoms with E-state index in [-0.39, 0.29) is 0 Å². The number of methoxy groups -OCH3 is 1. The molecule has 0 saturated heterocycles. The van der Waals surface area contributed by atoms with Gasteiger partial charge in [-0.05, 0) is 43.7 Å². The molecule has 0 aliphatic heterocycles. The van der Waals surface area contributed by atoms with Gasteiger partial charge in [-0.3, -0.25) is 0 Å². The first-order chi connectivity index (χ1) is 13.6. The number of fused-ring (bicyclic) bond motifs is 1. The number of hydrogen-bond donors (Lipinski definition) is 1. The number of pyridine rings is 1. The molecule has 0 radical (unpaired) electrons. The number of anilines is 2. The van der Waals surface area contributed by atoms with Crippen molar-refractivity contribution in [3.8, 4) is 17.6 Å². The fourth-order valence-electron chi connectivity index (χ4n) is 2.96. The summed E-state index contributed by atoms with van der Waals surface area (Å²) in [5.74, 6) is 2.23. The van der Waals surface area contributed by atoms with Crippen LogP contribution < -0.4 is 10.1 Å². The van der Waals surface area contributed by atoms with E-state index in [2.05, 4.69) is 26.7 Å². The maximum absolute atomic E-state index is 9.49. The topological polar surface area (TPSA) is 102 Å². The van der Waals surface area contributed by atoms with Gasteiger partial charge in [-0.2, -0.15) is 20.1 Å². The molecule has 3 heterocycles. The second-order valence-corrected chi connectivity index (χ2v) is 6.27. The van der Waals surface area contributed by atoms with E-state index in [0.29, 0.717) is 28.8 Å². The van der Waals surface area contributed by atoms with E-state index in [1.807, 2.05) is 44.2 Å². The Balaban J connectivity index is 1.87. The molecule has 0 amide bonds. The number of ether oxygens (including phenoxy) is 1. The van der Waals surface area contributed by atoms with Gasteiger partial charge in [0.15, 0.2) is 17.5 Å². The molecule has 0 atom stereocenters. The third kappa shape index (κ3) is 2.99. The van der Waals surface area contributed by atoms with Crippen LogP contribution in [-0.2, 0) is 0 Å². The second-order valence-electron chi connectivity index (χ2n) is 6.27. The minimum absolute atomic E-state index is 0.377. The molecule has 8 heteroatoms. The minimum atomic E-state index is 0.377. The molecule has 4 aromatic rings. The van der Waals surface area contributed by atoms with Crippen molar-refractivity contribution in [1.29, 1.82) is 5.26 Å². The van der Waals surface area contributed by atoms with Crippen molar-refractivity contribution >= 4 is 22.5 Å². The summed E-state index contributed by atoms with van der Waals surface area (Å²) in [6, 6.07) is 13.5. The second kappa shape index (κ2) is 6.96. The lowest BCUT2D eigenvalue weighted by Gasteiger charge is -2.12. The zero-order chi connectivity index (χ0) is 19.7. The predicted molar refractivity (Wildman–Crippen MR) is 105 cm³/mol. The van der Waals surface area contributed by atoms with E-state index in [1.54, 1.807) is 17.9 Å². The van der Waals surface area contributed by atoms with E-state index >= 15 is 0 Å². The molecule has 0 spiro atoms. The Morgan fingerprint density at radius 2 is 2.00 bits per heavy atom. The quantitative estimate of drug-likeness (QED) is 0.586. The molecule has 1 aromatic carbocycles. The van der Waals surface area contributed by atoms with Gasteiger partial charge in [-0.15, -0.1) is 5.10 Å². The van der Waals surface area contributed by atoms with Gasteiger partial charge >= 0.3 is 0 Å². The monoisotopic (exact) mass is 371 g/mol. The lowest BCUT2D eigenvalue weighted by Crippen LogP contribution is -2.07. The minimum Gasteiger partial charge on any atom is -0.494 e. The van der Waals surface area contributed by atoms with E-state index in [9.17, 15) is 5.26 Å². The maximum Gasteiger partial charge on any atom is 0.156 e. The van der Waals surface area contributed by atoms with E-state index in [4.69, 9.17) is 9.72 Å². The van der Waals surface area contributed by atoms with Crippen molar-refractivity contribution in [2.75, 3.05) is 12.4 Å². The summed E-state index contributed by atoms with van der Waals surface area (Å²) < 4.78 is 7.04. The van der Waals surface area contributed by atoms with Crippen LogP contribution in [0.4, 0.5) is 11.6 Å². The van der Waals surface area contributed by atoms with Gasteiger partial charge in [-0.25, -0.2) is 4.98 Å². The summed E-state index contributed by atoms with van der Waals surface area (Å²) in [4.78, 5) is 4.73. The van der Waals surface area contributed by atoms with Gasteiger partial charge in [0.2, 0.25) is 0 Å². The number of aryl methyl sites for hydroxylation is 2. The third-order valence-corrected chi connectivity index (χ3v) is 4.37. The highest BCUT2D eigenvalue weighted by atomic mass is 16.5. The van der Waals surface area contributed by atoms with Crippen molar-refractivity contribution in [1.82, 2.24) is 25.0 Å². The molecule has 28 heavy (non-hydrogen) atoms. The van der Waals surface area contributed by atoms with E-state index < -0.39 is 0 Å². The van der Waals surface area contributed by atoms with Crippen LogP contribution in [0, 0.1) is 25.2 Å². The molecular formula is C20H17N7O. The number of para-hydroxylation sites is 1. The van der Waals surface area contributed by atoms with Crippen LogP contribution in [0.15, 0.2) is 42.6 Å². The van der Waals surface area contributed by atoms with Crippen LogP contribution in [0.2, 0.25) is 0 Å². The van der Waals surface area contributed by atoms with E-state index in [1.165, 1.54) is 6.20 Å². The fourth-order valence-corrected chi connectivity index (χ4v) is 2.96. The Hall–Kier alpha value is -3.99. The molecule has 0 fully saturated rings. The number of nitriles is 1. The number of hydrogen-bond acceptors (Lipinski definition) is 7. The molecule has 138 valence electrons. The van der Waals surface area contributed by atoms with Crippen molar-refractivity contribution in [3.05, 3.63) is 59.4 Å². The Bertz CT molecular complexity index is 1210. The summed E-state index contributed by atoms with van der Waals surface area (Å²) in [5, 5.41) is 26.1. The highest BCUT2D eigenvalue weighted by Crippen LogP contribution is 2.29. The maximum atomic E-state index is 9.49. The summed E-state index contributed by atoms with van der Waals surface area (Å²) in [7, 11) is 1.61. The fraction of sp³-hybridized carbons (Fsp3) is 0.150. The Labute approximate surface area is 161 Å². The largest absolute Gasteiger partial charge is 0.494 e.